The lowest BCUT2D eigenvalue weighted by molar-refractivity contribution is -0.127. The molecule has 0 aliphatic carbocycles. The summed E-state index contributed by atoms with van der Waals surface area (Å²) in [6, 6.07) is 4.29. The van der Waals surface area contributed by atoms with Crippen molar-refractivity contribution >= 4 is 40.7 Å². The Morgan fingerprint density at radius 3 is 2.89 bits per heavy atom. The number of benzene rings is 1. The summed E-state index contributed by atoms with van der Waals surface area (Å²) < 4.78 is 0. The van der Waals surface area contributed by atoms with Gasteiger partial charge in [-0.05, 0) is 18.2 Å². The molecule has 0 spiro atoms. The largest absolute Gasteiger partial charge is 0.353 e. The zero-order valence-electron chi connectivity index (χ0n) is 10.0. The fraction of sp³-hybridized carbons (Fsp3) is 0.333. The van der Waals surface area contributed by atoms with Crippen molar-refractivity contribution in [2.75, 3.05) is 18.4 Å². The van der Waals surface area contributed by atoms with E-state index in [1.807, 2.05) is 0 Å². The molecule has 0 saturated carbocycles. The van der Waals surface area contributed by atoms with Gasteiger partial charge in [-0.25, -0.2) is 0 Å². The van der Waals surface area contributed by atoms with Crippen molar-refractivity contribution in [1.82, 2.24) is 10.6 Å². The number of nitrogens with one attached hydrogen (secondary N) is 3. The number of carbonyl (C=O) groups excluding carboxylic acids is 2. The van der Waals surface area contributed by atoms with E-state index in [-0.39, 0.29) is 18.2 Å². The van der Waals surface area contributed by atoms with Crippen molar-refractivity contribution in [3.05, 3.63) is 28.2 Å². The number of hydrogen-bond donors (Lipinski definition) is 3. The first-order valence-corrected chi connectivity index (χ1v) is 6.58. The van der Waals surface area contributed by atoms with Gasteiger partial charge in [0.15, 0.2) is 0 Å². The molecule has 1 aromatic carbocycles. The average Bonchev–Trinajstić information content (AvgIpc) is 2.37. The zero-order valence-corrected chi connectivity index (χ0v) is 11.5. The van der Waals surface area contributed by atoms with Crippen LogP contribution in [-0.2, 0) is 9.59 Å². The highest BCUT2D eigenvalue weighted by atomic mass is 35.5. The zero-order chi connectivity index (χ0) is 13.8. The van der Waals surface area contributed by atoms with Gasteiger partial charge < -0.3 is 16.0 Å². The third-order valence-corrected chi connectivity index (χ3v) is 3.29. The second kappa shape index (κ2) is 6.23. The van der Waals surface area contributed by atoms with Gasteiger partial charge in [-0.15, -0.1) is 0 Å². The van der Waals surface area contributed by atoms with Crippen LogP contribution in [0, 0.1) is 0 Å². The van der Waals surface area contributed by atoms with Gasteiger partial charge in [-0.3, -0.25) is 9.59 Å². The Hall–Kier alpha value is -1.30. The molecule has 1 unspecified atom stereocenters. The lowest BCUT2D eigenvalue weighted by Crippen LogP contribution is -2.53. The predicted molar refractivity (Wildman–Crippen MR) is 74.5 cm³/mol. The number of anilines is 1. The first kappa shape index (κ1) is 14.1. The SMILES string of the molecule is O=C(CC1NCCNC1=O)Nc1cc(Cl)ccc1Cl. The maximum Gasteiger partial charge on any atom is 0.237 e. The Morgan fingerprint density at radius 1 is 1.37 bits per heavy atom. The normalized spacial score (nSPS) is 18.8. The van der Waals surface area contributed by atoms with E-state index in [4.69, 9.17) is 23.2 Å². The van der Waals surface area contributed by atoms with Gasteiger partial charge in [-0.1, -0.05) is 23.2 Å². The maximum absolute atomic E-state index is 11.9. The third kappa shape index (κ3) is 3.83. The lowest BCUT2D eigenvalue weighted by Gasteiger charge is -2.23. The molecule has 2 amide bonds. The third-order valence-electron chi connectivity index (χ3n) is 2.72. The van der Waals surface area contributed by atoms with Gasteiger partial charge in [0.1, 0.15) is 0 Å². The molecule has 1 fully saturated rings. The number of hydrogen-bond acceptors (Lipinski definition) is 3. The fourth-order valence-corrected chi connectivity index (χ4v) is 2.13. The van der Waals surface area contributed by atoms with E-state index in [1.165, 1.54) is 0 Å². The van der Waals surface area contributed by atoms with Crippen LogP contribution in [-0.4, -0.2) is 30.9 Å². The number of piperazine rings is 1. The van der Waals surface area contributed by atoms with E-state index < -0.39 is 6.04 Å². The maximum atomic E-state index is 11.9. The van der Waals surface area contributed by atoms with Crippen LogP contribution >= 0.6 is 23.2 Å². The monoisotopic (exact) mass is 301 g/mol. The Bertz CT molecular complexity index is 508. The summed E-state index contributed by atoms with van der Waals surface area (Å²) in [7, 11) is 0. The summed E-state index contributed by atoms with van der Waals surface area (Å²) in [5, 5.41) is 9.20. The molecule has 19 heavy (non-hydrogen) atoms. The quantitative estimate of drug-likeness (QED) is 0.790. The van der Waals surface area contributed by atoms with E-state index in [2.05, 4.69) is 16.0 Å². The number of rotatable bonds is 3. The minimum absolute atomic E-state index is 0.0503. The predicted octanol–water partition coefficient (Wildman–Crippen LogP) is 1.41. The topological polar surface area (TPSA) is 70.2 Å². The first-order valence-electron chi connectivity index (χ1n) is 5.82. The highest BCUT2D eigenvalue weighted by molar-refractivity contribution is 6.35. The number of amides is 2. The van der Waals surface area contributed by atoms with E-state index in [9.17, 15) is 9.59 Å². The van der Waals surface area contributed by atoms with Crippen molar-refractivity contribution in [2.24, 2.45) is 0 Å². The second-order valence-electron chi connectivity index (χ2n) is 4.17. The molecule has 1 aromatic rings. The van der Waals surface area contributed by atoms with Crippen LogP contribution < -0.4 is 16.0 Å². The molecule has 0 radical (unpaired) electrons. The van der Waals surface area contributed by atoms with E-state index in [1.54, 1.807) is 18.2 Å². The lowest BCUT2D eigenvalue weighted by atomic mass is 10.1. The molecule has 1 saturated heterocycles. The molecule has 0 aromatic heterocycles. The molecule has 3 N–H and O–H groups in total. The van der Waals surface area contributed by atoms with E-state index in [0.29, 0.717) is 28.8 Å². The van der Waals surface area contributed by atoms with Crippen LogP contribution in [0.3, 0.4) is 0 Å². The molecule has 0 bridgehead atoms. The average molecular weight is 302 g/mol. The molecule has 7 heteroatoms. The van der Waals surface area contributed by atoms with Crippen LogP contribution in [0.4, 0.5) is 5.69 Å². The molecule has 1 aliphatic heterocycles. The molecular formula is C12H13Cl2N3O2. The van der Waals surface area contributed by atoms with Crippen molar-refractivity contribution in [3.63, 3.8) is 0 Å². The highest BCUT2D eigenvalue weighted by Crippen LogP contribution is 2.25. The molecule has 102 valence electrons. The smallest absolute Gasteiger partial charge is 0.237 e. The molecule has 1 atom stereocenters. The van der Waals surface area contributed by atoms with Gasteiger partial charge in [0, 0.05) is 18.1 Å². The molecule has 1 heterocycles. The Morgan fingerprint density at radius 2 is 2.16 bits per heavy atom. The number of carbonyl (C=O) groups is 2. The molecule has 2 rings (SSSR count). The summed E-state index contributed by atoms with van der Waals surface area (Å²) >= 11 is 11.8. The van der Waals surface area contributed by atoms with Crippen LogP contribution in [0.2, 0.25) is 10.0 Å². The second-order valence-corrected chi connectivity index (χ2v) is 5.02. The van der Waals surface area contributed by atoms with Gasteiger partial charge in [0.05, 0.1) is 23.2 Å². The Balaban J connectivity index is 1.97. The van der Waals surface area contributed by atoms with Gasteiger partial charge in [0.25, 0.3) is 0 Å². The van der Waals surface area contributed by atoms with Crippen LogP contribution in [0.1, 0.15) is 6.42 Å². The van der Waals surface area contributed by atoms with Crippen LogP contribution in [0.15, 0.2) is 18.2 Å². The highest BCUT2D eigenvalue weighted by Gasteiger charge is 2.24. The summed E-state index contributed by atoms with van der Waals surface area (Å²) in [4.78, 5) is 23.4. The van der Waals surface area contributed by atoms with Crippen molar-refractivity contribution in [2.45, 2.75) is 12.5 Å². The summed E-state index contributed by atoms with van der Waals surface area (Å²) in [5.74, 6) is -0.461. The van der Waals surface area contributed by atoms with Crippen LogP contribution in [0.5, 0.6) is 0 Å². The summed E-state index contributed by atoms with van der Waals surface area (Å²) in [5.41, 5.74) is 0.440. The van der Waals surface area contributed by atoms with E-state index in [0.717, 1.165) is 0 Å². The van der Waals surface area contributed by atoms with E-state index >= 15 is 0 Å². The summed E-state index contributed by atoms with van der Waals surface area (Å²) in [6.45, 7) is 1.23. The molecule has 1 aliphatic rings. The van der Waals surface area contributed by atoms with Crippen molar-refractivity contribution < 1.29 is 9.59 Å². The number of halogens is 2. The molecular weight excluding hydrogens is 289 g/mol. The Kier molecular flexibility index (Phi) is 4.63. The Labute approximate surface area is 120 Å². The van der Waals surface area contributed by atoms with Gasteiger partial charge in [0.2, 0.25) is 11.8 Å². The van der Waals surface area contributed by atoms with Crippen molar-refractivity contribution in [3.8, 4) is 0 Å². The standard InChI is InChI=1S/C12H13Cl2N3O2/c13-7-1-2-8(14)9(5-7)17-11(18)6-10-12(19)16-4-3-15-10/h1-2,5,10,15H,3-4,6H2,(H,16,19)(H,17,18). The van der Waals surface area contributed by atoms with Gasteiger partial charge in [-0.2, -0.15) is 0 Å². The minimum atomic E-state index is -0.508. The molecule has 5 nitrogen and oxygen atoms in total. The van der Waals surface area contributed by atoms with Crippen molar-refractivity contribution in [1.29, 1.82) is 0 Å². The first-order chi connectivity index (χ1) is 9.06. The van der Waals surface area contributed by atoms with Crippen LogP contribution in [0.25, 0.3) is 0 Å². The summed E-state index contributed by atoms with van der Waals surface area (Å²) in [6.07, 6.45) is 0.0503. The fourth-order valence-electron chi connectivity index (χ4n) is 1.79. The minimum Gasteiger partial charge on any atom is -0.353 e. The van der Waals surface area contributed by atoms with Gasteiger partial charge >= 0.3 is 0 Å².